The molecule has 7 nitrogen and oxygen atoms in total. The van der Waals surface area contributed by atoms with Crippen molar-refractivity contribution in [1.29, 1.82) is 0 Å². The van der Waals surface area contributed by atoms with E-state index >= 15 is 0 Å². The fraction of sp³-hybridized carbons (Fsp3) is 0.588. The van der Waals surface area contributed by atoms with E-state index in [1.54, 1.807) is 12.1 Å². The van der Waals surface area contributed by atoms with Crippen LogP contribution in [0.3, 0.4) is 0 Å². The first-order valence-electron chi connectivity index (χ1n) is 8.47. The zero-order valence-electron chi connectivity index (χ0n) is 14.9. The van der Waals surface area contributed by atoms with Crippen molar-refractivity contribution in [2.45, 2.75) is 13.3 Å². The number of benzene rings is 1. The number of morpholine rings is 1. The number of carbonyl (C=O) groups excluding carboxylic acids is 1. The lowest BCUT2D eigenvalue weighted by Crippen LogP contribution is -2.42. The number of nitrogens with zero attached hydrogens (tertiary/aromatic N) is 2. The molecule has 2 rings (SSSR count). The monoisotopic (exact) mass is 369 g/mol. The number of amides is 1. The molecule has 1 aromatic rings. The molecule has 1 amide bonds. The van der Waals surface area contributed by atoms with Crippen LogP contribution in [0.2, 0.25) is 0 Å². The van der Waals surface area contributed by atoms with Crippen LogP contribution in [0.15, 0.2) is 24.3 Å². The summed E-state index contributed by atoms with van der Waals surface area (Å²) in [7, 11) is -3.43. The van der Waals surface area contributed by atoms with Crippen LogP contribution >= 0.6 is 0 Å². The lowest BCUT2D eigenvalue weighted by atomic mass is 10.2. The van der Waals surface area contributed by atoms with Crippen LogP contribution in [0.25, 0.3) is 0 Å². The zero-order valence-corrected chi connectivity index (χ0v) is 15.7. The minimum Gasteiger partial charge on any atom is -0.379 e. The zero-order chi connectivity index (χ0) is 18.3. The molecule has 0 radical (unpaired) electrons. The molecule has 0 aromatic heterocycles. The Morgan fingerprint density at radius 1 is 1.24 bits per heavy atom. The van der Waals surface area contributed by atoms with Crippen molar-refractivity contribution in [3.05, 3.63) is 29.8 Å². The maximum atomic E-state index is 12.0. The largest absolute Gasteiger partial charge is 0.379 e. The third kappa shape index (κ3) is 6.64. The van der Waals surface area contributed by atoms with E-state index in [1.807, 2.05) is 19.1 Å². The number of hydrogen-bond acceptors (Lipinski definition) is 5. The Labute approximate surface area is 150 Å². The van der Waals surface area contributed by atoms with Crippen LogP contribution < -0.4 is 9.62 Å². The van der Waals surface area contributed by atoms with Crippen molar-refractivity contribution in [3.8, 4) is 0 Å². The molecule has 1 N–H and O–H groups in total. The minimum atomic E-state index is -3.43. The number of anilines is 1. The van der Waals surface area contributed by atoms with Gasteiger partial charge in [0.2, 0.25) is 15.9 Å². The molecule has 1 aliphatic heterocycles. The van der Waals surface area contributed by atoms with Crippen molar-refractivity contribution in [2.75, 3.05) is 56.5 Å². The molecule has 1 aliphatic rings. The van der Waals surface area contributed by atoms with Crippen LogP contribution in [0.5, 0.6) is 0 Å². The molecule has 1 aromatic carbocycles. The van der Waals surface area contributed by atoms with Gasteiger partial charge >= 0.3 is 0 Å². The molecule has 8 heteroatoms. The Morgan fingerprint density at radius 3 is 2.48 bits per heavy atom. The molecule has 0 saturated carbocycles. The van der Waals surface area contributed by atoms with Crippen LogP contribution in [-0.2, 0) is 19.6 Å². The van der Waals surface area contributed by atoms with Crippen molar-refractivity contribution >= 4 is 21.6 Å². The topological polar surface area (TPSA) is 79.0 Å². The highest BCUT2D eigenvalue weighted by molar-refractivity contribution is 7.92. The fourth-order valence-electron chi connectivity index (χ4n) is 2.67. The van der Waals surface area contributed by atoms with Gasteiger partial charge < -0.3 is 10.1 Å². The van der Waals surface area contributed by atoms with E-state index in [1.165, 1.54) is 4.31 Å². The van der Waals surface area contributed by atoms with Gasteiger partial charge in [-0.25, -0.2) is 8.42 Å². The fourth-order valence-corrected chi connectivity index (χ4v) is 3.59. The van der Waals surface area contributed by atoms with Crippen molar-refractivity contribution in [3.63, 3.8) is 0 Å². The molecule has 1 heterocycles. The molecule has 0 bridgehead atoms. The van der Waals surface area contributed by atoms with Crippen LogP contribution in [0.4, 0.5) is 5.69 Å². The molecule has 140 valence electrons. The Kier molecular flexibility index (Phi) is 7.22. The summed E-state index contributed by atoms with van der Waals surface area (Å²) in [5, 5.41) is 2.85. The van der Waals surface area contributed by atoms with Crippen LogP contribution in [-0.4, -0.2) is 71.4 Å². The molecule has 1 fully saturated rings. The summed E-state index contributed by atoms with van der Waals surface area (Å²) in [6.07, 6.45) is 1.28. The highest BCUT2D eigenvalue weighted by atomic mass is 32.2. The first-order valence-corrected chi connectivity index (χ1v) is 10.3. The predicted octanol–water partition coefficient (Wildman–Crippen LogP) is 0.600. The number of sulfonamides is 1. The number of aryl methyl sites for hydroxylation is 1. The standard InChI is InChI=1S/C17H27N3O4S/c1-15-3-5-16(6-4-15)20(25(2,22)23)9-7-17(21)18-8-10-19-11-13-24-14-12-19/h3-6H,7-14H2,1-2H3,(H,18,21). The van der Waals surface area contributed by atoms with Crippen LogP contribution in [0, 0.1) is 6.92 Å². The summed E-state index contributed by atoms with van der Waals surface area (Å²) in [4.78, 5) is 14.3. The summed E-state index contributed by atoms with van der Waals surface area (Å²) in [6.45, 7) is 6.63. The molecule has 25 heavy (non-hydrogen) atoms. The third-order valence-corrected chi connectivity index (χ3v) is 5.31. The van der Waals surface area contributed by atoms with Gasteiger partial charge in [-0.1, -0.05) is 17.7 Å². The average molecular weight is 369 g/mol. The number of nitrogens with one attached hydrogen (secondary N) is 1. The van der Waals surface area contributed by atoms with E-state index in [0.717, 1.165) is 44.7 Å². The van der Waals surface area contributed by atoms with E-state index in [0.29, 0.717) is 12.2 Å². The van der Waals surface area contributed by atoms with E-state index in [-0.39, 0.29) is 18.9 Å². The molecular formula is C17H27N3O4S. The Morgan fingerprint density at radius 2 is 1.88 bits per heavy atom. The molecule has 0 atom stereocenters. The third-order valence-electron chi connectivity index (χ3n) is 4.12. The van der Waals surface area contributed by atoms with Crippen molar-refractivity contribution in [2.24, 2.45) is 0 Å². The Balaban J connectivity index is 1.81. The van der Waals surface area contributed by atoms with E-state index in [2.05, 4.69) is 10.2 Å². The summed E-state index contributed by atoms with van der Waals surface area (Å²) < 4.78 is 30.6. The first kappa shape index (κ1) is 19.7. The molecule has 0 unspecified atom stereocenters. The second-order valence-electron chi connectivity index (χ2n) is 6.22. The van der Waals surface area contributed by atoms with E-state index in [4.69, 9.17) is 4.74 Å². The maximum Gasteiger partial charge on any atom is 0.232 e. The van der Waals surface area contributed by atoms with E-state index in [9.17, 15) is 13.2 Å². The summed E-state index contributed by atoms with van der Waals surface area (Å²) in [5.41, 5.74) is 1.63. The van der Waals surface area contributed by atoms with Gasteiger partial charge in [0.25, 0.3) is 0 Å². The quantitative estimate of drug-likeness (QED) is 0.726. The lowest BCUT2D eigenvalue weighted by Gasteiger charge is -2.26. The number of carbonyl (C=O) groups is 1. The second kappa shape index (κ2) is 9.17. The highest BCUT2D eigenvalue weighted by Gasteiger charge is 2.18. The van der Waals surface area contributed by atoms with Gasteiger partial charge in [0.1, 0.15) is 0 Å². The van der Waals surface area contributed by atoms with Crippen molar-refractivity contribution < 1.29 is 17.9 Å². The van der Waals surface area contributed by atoms with Crippen LogP contribution in [0.1, 0.15) is 12.0 Å². The predicted molar refractivity (Wildman–Crippen MR) is 98.3 cm³/mol. The Hall–Kier alpha value is -1.64. The normalized spacial score (nSPS) is 15.8. The summed E-state index contributed by atoms with van der Waals surface area (Å²) in [6, 6.07) is 7.23. The van der Waals surface area contributed by atoms with Gasteiger partial charge in [0.15, 0.2) is 0 Å². The smallest absolute Gasteiger partial charge is 0.232 e. The van der Waals surface area contributed by atoms with Gasteiger partial charge in [-0.05, 0) is 19.1 Å². The molecular weight excluding hydrogens is 342 g/mol. The van der Waals surface area contributed by atoms with Gasteiger partial charge in [-0.3, -0.25) is 14.0 Å². The van der Waals surface area contributed by atoms with Crippen molar-refractivity contribution in [1.82, 2.24) is 10.2 Å². The molecule has 0 aliphatic carbocycles. The average Bonchev–Trinajstić information content (AvgIpc) is 2.56. The first-order chi connectivity index (χ1) is 11.9. The van der Waals surface area contributed by atoms with Gasteiger partial charge in [-0.2, -0.15) is 0 Å². The van der Waals surface area contributed by atoms with Gasteiger partial charge in [0, 0.05) is 39.1 Å². The summed E-state index contributed by atoms with van der Waals surface area (Å²) in [5.74, 6) is -0.144. The van der Waals surface area contributed by atoms with Gasteiger partial charge in [0.05, 0.1) is 25.2 Å². The Bertz CT molecular complexity index is 655. The SMILES string of the molecule is Cc1ccc(N(CCC(=O)NCCN2CCOCC2)S(C)(=O)=O)cc1. The number of hydrogen-bond donors (Lipinski definition) is 1. The summed E-state index contributed by atoms with van der Waals surface area (Å²) >= 11 is 0. The maximum absolute atomic E-state index is 12.0. The molecule has 1 saturated heterocycles. The number of ether oxygens (including phenoxy) is 1. The highest BCUT2D eigenvalue weighted by Crippen LogP contribution is 2.18. The second-order valence-corrected chi connectivity index (χ2v) is 8.13. The number of rotatable bonds is 8. The van der Waals surface area contributed by atoms with Gasteiger partial charge in [-0.15, -0.1) is 0 Å². The lowest BCUT2D eigenvalue weighted by molar-refractivity contribution is -0.120. The molecule has 0 spiro atoms. The minimum absolute atomic E-state index is 0.129. The van der Waals surface area contributed by atoms with E-state index < -0.39 is 10.0 Å².